The Bertz CT molecular complexity index is 235. The van der Waals surface area contributed by atoms with E-state index in [9.17, 15) is 4.79 Å². The van der Waals surface area contributed by atoms with Crippen LogP contribution < -0.4 is 5.73 Å². The highest BCUT2D eigenvalue weighted by molar-refractivity contribution is 5.76. The van der Waals surface area contributed by atoms with E-state index in [1.165, 1.54) is 32.1 Å². The van der Waals surface area contributed by atoms with Crippen LogP contribution in [0.1, 0.15) is 58.8 Å². The first kappa shape index (κ1) is 15.5. The molecule has 18 heavy (non-hydrogen) atoms. The van der Waals surface area contributed by atoms with Crippen molar-refractivity contribution in [3.05, 3.63) is 0 Å². The Morgan fingerprint density at radius 1 is 1.28 bits per heavy atom. The van der Waals surface area contributed by atoms with Gasteiger partial charge in [0.1, 0.15) is 0 Å². The van der Waals surface area contributed by atoms with Gasteiger partial charge in [-0.15, -0.1) is 0 Å². The molecule has 0 saturated heterocycles. The molecule has 0 aromatic heterocycles. The number of hydrogen-bond donors (Lipinski definition) is 1. The number of amides is 1. The highest BCUT2D eigenvalue weighted by atomic mass is 16.2. The minimum absolute atomic E-state index is 0.351. The van der Waals surface area contributed by atoms with Crippen LogP contribution in [0.3, 0.4) is 0 Å². The Labute approximate surface area is 112 Å². The van der Waals surface area contributed by atoms with Crippen molar-refractivity contribution in [3.8, 4) is 0 Å². The van der Waals surface area contributed by atoms with Gasteiger partial charge in [-0.3, -0.25) is 4.79 Å². The summed E-state index contributed by atoms with van der Waals surface area (Å²) in [7, 11) is 0. The molecule has 3 heteroatoms. The van der Waals surface area contributed by atoms with E-state index < -0.39 is 0 Å². The zero-order valence-electron chi connectivity index (χ0n) is 12.2. The van der Waals surface area contributed by atoms with Crippen LogP contribution in [0.4, 0.5) is 0 Å². The van der Waals surface area contributed by atoms with Crippen LogP contribution in [0.2, 0.25) is 0 Å². The predicted octanol–water partition coefficient (Wildman–Crippen LogP) is 2.79. The van der Waals surface area contributed by atoms with E-state index in [0.717, 1.165) is 25.9 Å². The second kappa shape index (κ2) is 8.52. The molecule has 0 aromatic rings. The molecule has 106 valence electrons. The fourth-order valence-electron chi connectivity index (χ4n) is 2.81. The van der Waals surface area contributed by atoms with Gasteiger partial charge in [-0.2, -0.15) is 0 Å². The first-order chi connectivity index (χ1) is 8.63. The molecule has 0 unspecified atom stereocenters. The van der Waals surface area contributed by atoms with Crippen LogP contribution in [-0.4, -0.2) is 30.4 Å². The summed E-state index contributed by atoms with van der Waals surface area (Å²) in [5, 5.41) is 0. The summed E-state index contributed by atoms with van der Waals surface area (Å²) in [6.45, 7) is 6.73. The lowest BCUT2D eigenvalue weighted by Crippen LogP contribution is -2.37. The van der Waals surface area contributed by atoms with Gasteiger partial charge in [0, 0.05) is 19.5 Å². The summed E-state index contributed by atoms with van der Waals surface area (Å²) in [6, 6.07) is 0. The highest BCUT2D eigenvalue weighted by Crippen LogP contribution is 2.26. The SMILES string of the molecule is CC(C)CN(CCCN)C(=O)CC1CCCCC1. The molecule has 2 N–H and O–H groups in total. The van der Waals surface area contributed by atoms with Crippen molar-refractivity contribution in [1.82, 2.24) is 4.90 Å². The molecule has 0 atom stereocenters. The third kappa shape index (κ3) is 5.85. The van der Waals surface area contributed by atoms with E-state index in [4.69, 9.17) is 5.73 Å². The molecule has 0 aliphatic heterocycles. The lowest BCUT2D eigenvalue weighted by atomic mass is 9.86. The topological polar surface area (TPSA) is 46.3 Å². The van der Waals surface area contributed by atoms with Crippen LogP contribution in [-0.2, 0) is 4.79 Å². The Balaban J connectivity index is 2.40. The maximum Gasteiger partial charge on any atom is 0.222 e. The van der Waals surface area contributed by atoms with Crippen molar-refractivity contribution in [2.75, 3.05) is 19.6 Å². The van der Waals surface area contributed by atoms with E-state index in [2.05, 4.69) is 13.8 Å². The minimum atomic E-state index is 0.351. The van der Waals surface area contributed by atoms with Gasteiger partial charge >= 0.3 is 0 Å². The third-order valence-electron chi connectivity index (χ3n) is 3.76. The summed E-state index contributed by atoms with van der Waals surface area (Å²) < 4.78 is 0. The zero-order chi connectivity index (χ0) is 13.4. The molecule has 1 saturated carbocycles. The smallest absolute Gasteiger partial charge is 0.222 e. The molecular weight excluding hydrogens is 224 g/mol. The largest absolute Gasteiger partial charge is 0.342 e. The molecule has 1 amide bonds. The average Bonchev–Trinajstić information content (AvgIpc) is 2.35. The summed E-state index contributed by atoms with van der Waals surface area (Å²) in [5.41, 5.74) is 5.55. The fraction of sp³-hybridized carbons (Fsp3) is 0.933. The predicted molar refractivity (Wildman–Crippen MR) is 76.3 cm³/mol. The van der Waals surface area contributed by atoms with Gasteiger partial charge in [-0.1, -0.05) is 33.1 Å². The number of rotatable bonds is 7. The van der Waals surface area contributed by atoms with Gasteiger partial charge < -0.3 is 10.6 Å². The van der Waals surface area contributed by atoms with Crippen molar-refractivity contribution in [2.24, 2.45) is 17.6 Å². The highest BCUT2D eigenvalue weighted by Gasteiger charge is 2.21. The number of carbonyl (C=O) groups is 1. The molecule has 0 radical (unpaired) electrons. The summed E-state index contributed by atoms with van der Waals surface area (Å²) >= 11 is 0. The van der Waals surface area contributed by atoms with Gasteiger partial charge in [-0.05, 0) is 37.6 Å². The standard InChI is InChI=1S/C15H30N2O/c1-13(2)12-17(10-6-9-16)15(18)11-14-7-4-3-5-8-14/h13-14H,3-12,16H2,1-2H3. The average molecular weight is 254 g/mol. The normalized spacial score (nSPS) is 17.1. The van der Waals surface area contributed by atoms with Crippen molar-refractivity contribution < 1.29 is 4.79 Å². The first-order valence-electron chi connectivity index (χ1n) is 7.61. The summed E-state index contributed by atoms with van der Waals surface area (Å²) in [6.07, 6.45) is 8.15. The molecule has 0 spiro atoms. The number of hydrogen-bond acceptors (Lipinski definition) is 2. The van der Waals surface area contributed by atoms with E-state index in [0.29, 0.717) is 24.3 Å². The molecule has 3 nitrogen and oxygen atoms in total. The molecule has 1 aliphatic carbocycles. The van der Waals surface area contributed by atoms with Crippen molar-refractivity contribution in [1.29, 1.82) is 0 Å². The molecule has 0 aromatic carbocycles. The lowest BCUT2D eigenvalue weighted by molar-refractivity contribution is -0.133. The van der Waals surface area contributed by atoms with Crippen LogP contribution >= 0.6 is 0 Å². The number of nitrogens with two attached hydrogens (primary N) is 1. The Morgan fingerprint density at radius 2 is 1.94 bits per heavy atom. The third-order valence-corrected chi connectivity index (χ3v) is 3.76. The van der Waals surface area contributed by atoms with E-state index in [1.807, 2.05) is 4.90 Å². The maximum atomic E-state index is 12.3. The Hall–Kier alpha value is -0.570. The quantitative estimate of drug-likeness (QED) is 0.759. The van der Waals surface area contributed by atoms with Gasteiger partial charge in [0.15, 0.2) is 0 Å². The fourth-order valence-corrected chi connectivity index (χ4v) is 2.81. The minimum Gasteiger partial charge on any atom is -0.342 e. The van der Waals surface area contributed by atoms with Gasteiger partial charge in [-0.25, -0.2) is 0 Å². The van der Waals surface area contributed by atoms with Crippen LogP contribution in [0, 0.1) is 11.8 Å². The summed E-state index contributed by atoms with van der Waals surface area (Å²) in [4.78, 5) is 14.4. The number of nitrogens with zero attached hydrogens (tertiary/aromatic N) is 1. The van der Waals surface area contributed by atoms with Crippen LogP contribution in [0.15, 0.2) is 0 Å². The molecule has 1 fully saturated rings. The monoisotopic (exact) mass is 254 g/mol. The van der Waals surface area contributed by atoms with E-state index in [-0.39, 0.29) is 0 Å². The molecule has 0 heterocycles. The molecular formula is C15H30N2O. The lowest BCUT2D eigenvalue weighted by Gasteiger charge is -2.28. The zero-order valence-corrected chi connectivity index (χ0v) is 12.2. The summed E-state index contributed by atoms with van der Waals surface area (Å²) in [5.74, 6) is 1.53. The van der Waals surface area contributed by atoms with Gasteiger partial charge in [0.05, 0.1) is 0 Å². The van der Waals surface area contributed by atoms with E-state index in [1.54, 1.807) is 0 Å². The van der Waals surface area contributed by atoms with Gasteiger partial charge in [0.2, 0.25) is 5.91 Å². The van der Waals surface area contributed by atoms with Crippen molar-refractivity contribution in [2.45, 2.75) is 58.8 Å². The number of carbonyl (C=O) groups excluding carboxylic acids is 1. The van der Waals surface area contributed by atoms with Crippen LogP contribution in [0.5, 0.6) is 0 Å². The second-order valence-electron chi connectivity index (χ2n) is 6.08. The molecule has 1 aliphatic rings. The van der Waals surface area contributed by atoms with Crippen LogP contribution in [0.25, 0.3) is 0 Å². The Morgan fingerprint density at radius 3 is 2.50 bits per heavy atom. The Kier molecular flexibility index (Phi) is 7.33. The molecule has 0 bridgehead atoms. The maximum absolute atomic E-state index is 12.3. The van der Waals surface area contributed by atoms with Gasteiger partial charge in [0.25, 0.3) is 0 Å². The van der Waals surface area contributed by atoms with E-state index >= 15 is 0 Å². The van der Waals surface area contributed by atoms with Crippen molar-refractivity contribution >= 4 is 5.91 Å². The molecule has 1 rings (SSSR count). The van der Waals surface area contributed by atoms with Crippen molar-refractivity contribution in [3.63, 3.8) is 0 Å². The first-order valence-corrected chi connectivity index (χ1v) is 7.61. The second-order valence-corrected chi connectivity index (χ2v) is 6.08.